The van der Waals surface area contributed by atoms with Gasteiger partial charge in [-0.1, -0.05) is 24.3 Å². The molecule has 4 nitrogen and oxygen atoms in total. The number of likely N-dealkylation sites (tertiary alicyclic amines) is 1. The van der Waals surface area contributed by atoms with Crippen LogP contribution in [0.4, 0.5) is 0 Å². The molecule has 0 aliphatic carbocycles. The highest BCUT2D eigenvalue weighted by Gasteiger charge is 2.21. The van der Waals surface area contributed by atoms with E-state index in [2.05, 4.69) is 4.90 Å². The van der Waals surface area contributed by atoms with Crippen molar-refractivity contribution in [1.29, 1.82) is 0 Å². The molecule has 110 valence electrons. The molecule has 1 heterocycles. The Morgan fingerprint density at radius 3 is 2.71 bits per heavy atom. The maximum Gasteiger partial charge on any atom is 0.341 e. The van der Waals surface area contributed by atoms with Crippen LogP contribution in [0.2, 0.25) is 0 Å². The maximum absolute atomic E-state index is 11.9. The fourth-order valence-electron chi connectivity index (χ4n) is 3.00. The van der Waals surface area contributed by atoms with E-state index >= 15 is 0 Å². The summed E-state index contributed by atoms with van der Waals surface area (Å²) < 4.78 is 4.78. The molecule has 1 saturated heterocycles. The molecule has 3 rings (SSSR count). The van der Waals surface area contributed by atoms with E-state index in [1.165, 1.54) is 20.0 Å². The van der Waals surface area contributed by atoms with Crippen molar-refractivity contribution >= 4 is 16.7 Å². The van der Waals surface area contributed by atoms with E-state index in [4.69, 9.17) is 4.74 Å². The summed E-state index contributed by atoms with van der Waals surface area (Å²) in [6.45, 7) is 2.74. The number of hydrogen-bond donors (Lipinski definition) is 1. The van der Waals surface area contributed by atoms with Gasteiger partial charge in [0.05, 0.1) is 7.11 Å². The third kappa shape index (κ3) is 2.59. The van der Waals surface area contributed by atoms with E-state index in [1.54, 1.807) is 6.07 Å². The second-order valence-corrected chi connectivity index (χ2v) is 5.45. The molecule has 0 atom stereocenters. The van der Waals surface area contributed by atoms with Crippen LogP contribution in [0, 0.1) is 0 Å². The minimum atomic E-state index is -0.499. The van der Waals surface area contributed by atoms with Crippen molar-refractivity contribution in [2.24, 2.45) is 0 Å². The number of methoxy groups -OCH3 is 1. The summed E-state index contributed by atoms with van der Waals surface area (Å²) in [6, 6.07) is 9.52. The van der Waals surface area contributed by atoms with Crippen LogP contribution in [0.15, 0.2) is 30.3 Å². The van der Waals surface area contributed by atoms with Crippen LogP contribution in [0.1, 0.15) is 28.8 Å². The smallest absolute Gasteiger partial charge is 0.341 e. The second-order valence-electron chi connectivity index (χ2n) is 5.45. The lowest BCUT2D eigenvalue weighted by Crippen LogP contribution is -2.19. The largest absolute Gasteiger partial charge is 0.507 e. The van der Waals surface area contributed by atoms with Gasteiger partial charge in [-0.25, -0.2) is 4.79 Å². The number of fused-ring (bicyclic) bond motifs is 1. The summed E-state index contributed by atoms with van der Waals surface area (Å²) in [6.07, 6.45) is 2.38. The lowest BCUT2D eigenvalue weighted by molar-refractivity contribution is 0.0597. The molecule has 4 heteroatoms. The van der Waals surface area contributed by atoms with Crippen LogP contribution < -0.4 is 0 Å². The van der Waals surface area contributed by atoms with Crippen LogP contribution in [0.3, 0.4) is 0 Å². The summed E-state index contributed by atoms with van der Waals surface area (Å²) in [5.41, 5.74) is 1.06. The molecule has 2 aromatic rings. The molecule has 1 N–H and O–H groups in total. The first-order chi connectivity index (χ1) is 10.2. The number of nitrogens with zero attached hydrogens (tertiary/aromatic N) is 1. The zero-order chi connectivity index (χ0) is 14.8. The Balaban J connectivity index is 2.13. The minimum absolute atomic E-state index is 0.0486. The summed E-state index contributed by atoms with van der Waals surface area (Å²) in [5, 5.41) is 12.5. The number of benzene rings is 2. The van der Waals surface area contributed by atoms with Gasteiger partial charge in [0.25, 0.3) is 0 Å². The van der Waals surface area contributed by atoms with Crippen molar-refractivity contribution in [2.75, 3.05) is 20.2 Å². The molecule has 21 heavy (non-hydrogen) atoms. The molecule has 0 bridgehead atoms. The van der Waals surface area contributed by atoms with Crippen molar-refractivity contribution in [1.82, 2.24) is 4.90 Å². The summed E-state index contributed by atoms with van der Waals surface area (Å²) in [4.78, 5) is 14.2. The number of aromatic hydroxyl groups is 1. The zero-order valence-electron chi connectivity index (χ0n) is 12.1. The molecule has 0 radical (unpaired) electrons. The number of phenolic OH excluding ortho intramolecular Hbond substituents is 1. The minimum Gasteiger partial charge on any atom is -0.507 e. The molecule has 0 saturated carbocycles. The highest BCUT2D eigenvalue weighted by molar-refractivity contribution is 6.00. The number of hydrogen-bond acceptors (Lipinski definition) is 4. The molecular formula is C17H19NO3. The van der Waals surface area contributed by atoms with E-state index < -0.39 is 5.97 Å². The lowest BCUT2D eigenvalue weighted by atomic mass is 9.99. The van der Waals surface area contributed by atoms with Gasteiger partial charge in [-0.15, -0.1) is 0 Å². The highest BCUT2D eigenvalue weighted by atomic mass is 16.5. The van der Waals surface area contributed by atoms with Crippen LogP contribution in [-0.2, 0) is 11.3 Å². The average molecular weight is 285 g/mol. The van der Waals surface area contributed by atoms with E-state index in [1.807, 2.05) is 24.3 Å². The number of rotatable bonds is 3. The summed E-state index contributed by atoms with van der Waals surface area (Å²) >= 11 is 0. The average Bonchev–Trinajstić information content (AvgIpc) is 3.02. The zero-order valence-corrected chi connectivity index (χ0v) is 12.1. The van der Waals surface area contributed by atoms with Crippen LogP contribution >= 0.6 is 0 Å². The third-order valence-electron chi connectivity index (χ3n) is 4.11. The molecular weight excluding hydrogens is 266 g/mol. The van der Waals surface area contributed by atoms with Gasteiger partial charge in [0, 0.05) is 12.1 Å². The van der Waals surface area contributed by atoms with Crippen molar-refractivity contribution < 1.29 is 14.6 Å². The monoisotopic (exact) mass is 285 g/mol. The van der Waals surface area contributed by atoms with Crippen molar-refractivity contribution in [3.63, 3.8) is 0 Å². The number of carbonyl (C=O) groups is 1. The van der Waals surface area contributed by atoms with Crippen LogP contribution in [0.25, 0.3) is 10.8 Å². The molecule has 0 unspecified atom stereocenters. The Hall–Kier alpha value is -2.07. The Kier molecular flexibility index (Phi) is 3.80. The van der Waals surface area contributed by atoms with Crippen LogP contribution in [-0.4, -0.2) is 36.2 Å². The Morgan fingerprint density at radius 1 is 1.29 bits per heavy atom. The molecule has 0 amide bonds. The molecule has 2 aromatic carbocycles. The molecule has 1 aliphatic heterocycles. The SMILES string of the molecule is COC(=O)c1cc2ccccc2c(CN2CCCC2)c1O. The molecule has 0 aromatic heterocycles. The van der Waals surface area contributed by atoms with E-state index in [0.717, 1.165) is 29.4 Å². The molecule has 0 spiro atoms. The lowest BCUT2D eigenvalue weighted by Gasteiger charge is -2.19. The molecule has 1 aliphatic rings. The number of carbonyl (C=O) groups excluding carboxylic acids is 1. The van der Waals surface area contributed by atoms with E-state index in [9.17, 15) is 9.90 Å². The van der Waals surface area contributed by atoms with E-state index in [0.29, 0.717) is 6.54 Å². The summed E-state index contributed by atoms with van der Waals surface area (Å²) in [7, 11) is 1.33. The normalized spacial score (nSPS) is 15.5. The quantitative estimate of drug-likeness (QED) is 0.881. The maximum atomic E-state index is 11.9. The predicted molar refractivity (Wildman–Crippen MR) is 81.5 cm³/mol. The Labute approximate surface area is 123 Å². The van der Waals surface area contributed by atoms with Gasteiger partial charge >= 0.3 is 5.97 Å². The van der Waals surface area contributed by atoms with Crippen molar-refractivity contribution in [3.8, 4) is 5.75 Å². The number of phenols is 1. The summed E-state index contributed by atoms with van der Waals surface area (Å²) in [5.74, 6) is -0.451. The predicted octanol–water partition coefficient (Wildman–Crippen LogP) is 2.93. The van der Waals surface area contributed by atoms with Crippen LogP contribution in [0.5, 0.6) is 5.75 Å². The highest BCUT2D eigenvalue weighted by Crippen LogP contribution is 2.33. The third-order valence-corrected chi connectivity index (χ3v) is 4.11. The topological polar surface area (TPSA) is 49.8 Å². The van der Waals surface area contributed by atoms with Gasteiger partial charge in [-0.05, 0) is 42.8 Å². The van der Waals surface area contributed by atoms with Gasteiger partial charge < -0.3 is 9.84 Å². The standard InChI is InChI=1S/C17H19NO3/c1-21-17(20)14-10-12-6-2-3-7-13(12)15(16(14)19)11-18-8-4-5-9-18/h2-3,6-7,10,19H,4-5,8-9,11H2,1H3. The van der Waals surface area contributed by atoms with Gasteiger partial charge in [0.15, 0.2) is 0 Å². The molecule has 1 fully saturated rings. The number of ether oxygens (including phenoxy) is 1. The first-order valence-electron chi connectivity index (χ1n) is 7.25. The van der Waals surface area contributed by atoms with Gasteiger partial charge in [0.2, 0.25) is 0 Å². The van der Waals surface area contributed by atoms with Gasteiger partial charge in [-0.3, -0.25) is 4.90 Å². The van der Waals surface area contributed by atoms with Crippen molar-refractivity contribution in [3.05, 3.63) is 41.5 Å². The van der Waals surface area contributed by atoms with Gasteiger partial charge in [-0.2, -0.15) is 0 Å². The Bertz CT molecular complexity index is 675. The second kappa shape index (κ2) is 5.74. The number of esters is 1. The Morgan fingerprint density at radius 2 is 2.00 bits per heavy atom. The first kappa shape index (κ1) is 13.9. The fraction of sp³-hybridized carbons (Fsp3) is 0.353. The first-order valence-corrected chi connectivity index (χ1v) is 7.25. The van der Waals surface area contributed by atoms with Gasteiger partial charge in [0.1, 0.15) is 11.3 Å². The van der Waals surface area contributed by atoms with Crippen molar-refractivity contribution in [2.45, 2.75) is 19.4 Å². The fourth-order valence-corrected chi connectivity index (χ4v) is 3.00. The van der Waals surface area contributed by atoms with E-state index in [-0.39, 0.29) is 11.3 Å².